The van der Waals surface area contributed by atoms with Crippen molar-refractivity contribution in [3.63, 3.8) is 0 Å². The van der Waals surface area contributed by atoms with Gasteiger partial charge in [-0.05, 0) is 18.2 Å². The summed E-state index contributed by atoms with van der Waals surface area (Å²) < 4.78 is 5.16. The van der Waals surface area contributed by atoms with Gasteiger partial charge in [0.15, 0.2) is 0 Å². The standard InChI is InChI=1S/C12H9N3O2/c1-17-11-3-2-8(5-13)4-9(11)10-6-14-7-15-12(10)16/h2-4,6-7H,1H3,(H,14,15,16). The molecule has 0 spiro atoms. The topological polar surface area (TPSA) is 78.8 Å². The number of hydrogen-bond donors (Lipinski definition) is 1. The Labute approximate surface area is 97.3 Å². The Hall–Kier alpha value is -2.61. The van der Waals surface area contributed by atoms with E-state index in [0.29, 0.717) is 22.4 Å². The number of aromatic amines is 1. The summed E-state index contributed by atoms with van der Waals surface area (Å²) in [6.07, 6.45) is 2.75. The fraction of sp³-hybridized carbons (Fsp3) is 0.0833. The minimum absolute atomic E-state index is 0.270. The summed E-state index contributed by atoms with van der Waals surface area (Å²) in [7, 11) is 1.51. The van der Waals surface area contributed by atoms with Crippen LogP contribution in [0.4, 0.5) is 0 Å². The van der Waals surface area contributed by atoms with E-state index in [4.69, 9.17) is 10.00 Å². The molecule has 0 radical (unpaired) electrons. The number of hydrogen-bond acceptors (Lipinski definition) is 4. The Balaban J connectivity index is 2.70. The van der Waals surface area contributed by atoms with Crippen molar-refractivity contribution in [2.45, 2.75) is 0 Å². The zero-order chi connectivity index (χ0) is 12.3. The first-order chi connectivity index (χ1) is 8.26. The van der Waals surface area contributed by atoms with E-state index in [1.165, 1.54) is 19.6 Å². The fourth-order valence-electron chi connectivity index (χ4n) is 1.52. The zero-order valence-corrected chi connectivity index (χ0v) is 9.10. The largest absolute Gasteiger partial charge is 0.496 e. The first kappa shape index (κ1) is 10.9. The number of benzene rings is 1. The molecule has 1 aromatic carbocycles. The summed E-state index contributed by atoms with van der Waals surface area (Å²) in [5, 5.41) is 8.85. The molecule has 0 saturated carbocycles. The third-order valence-electron chi connectivity index (χ3n) is 2.34. The highest BCUT2D eigenvalue weighted by Gasteiger charge is 2.10. The molecule has 1 N–H and O–H groups in total. The highest BCUT2D eigenvalue weighted by atomic mass is 16.5. The number of nitrogens with zero attached hydrogens (tertiary/aromatic N) is 2. The molecule has 2 aromatic rings. The van der Waals surface area contributed by atoms with Crippen molar-refractivity contribution in [1.29, 1.82) is 5.26 Å². The molecule has 0 aliphatic heterocycles. The number of rotatable bonds is 2. The lowest BCUT2D eigenvalue weighted by molar-refractivity contribution is 0.416. The normalized spacial score (nSPS) is 9.65. The molecule has 1 aromatic heterocycles. The molecule has 0 fully saturated rings. The van der Waals surface area contributed by atoms with Gasteiger partial charge in [-0.25, -0.2) is 4.98 Å². The van der Waals surface area contributed by atoms with E-state index < -0.39 is 0 Å². The smallest absolute Gasteiger partial charge is 0.258 e. The molecular weight excluding hydrogens is 218 g/mol. The minimum atomic E-state index is -0.270. The van der Waals surface area contributed by atoms with Crippen LogP contribution in [0.2, 0.25) is 0 Å². The quantitative estimate of drug-likeness (QED) is 0.839. The van der Waals surface area contributed by atoms with Gasteiger partial charge in [-0.15, -0.1) is 0 Å². The van der Waals surface area contributed by atoms with E-state index in [0.717, 1.165) is 0 Å². The van der Waals surface area contributed by atoms with E-state index in [-0.39, 0.29) is 5.56 Å². The average Bonchev–Trinajstić information content (AvgIpc) is 2.38. The number of ether oxygens (including phenoxy) is 1. The Morgan fingerprint density at radius 1 is 1.41 bits per heavy atom. The van der Waals surface area contributed by atoms with Gasteiger partial charge in [0.1, 0.15) is 5.75 Å². The van der Waals surface area contributed by atoms with Crippen LogP contribution in [0.25, 0.3) is 11.1 Å². The fourth-order valence-corrected chi connectivity index (χ4v) is 1.52. The molecule has 17 heavy (non-hydrogen) atoms. The number of methoxy groups -OCH3 is 1. The molecule has 0 aliphatic rings. The van der Waals surface area contributed by atoms with Gasteiger partial charge in [0.2, 0.25) is 0 Å². The summed E-state index contributed by atoms with van der Waals surface area (Å²) in [6, 6.07) is 6.91. The average molecular weight is 227 g/mol. The van der Waals surface area contributed by atoms with Crippen LogP contribution in [-0.2, 0) is 0 Å². The van der Waals surface area contributed by atoms with E-state index in [9.17, 15) is 4.79 Å². The lowest BCUT2D eigenvalue weighted by atomic mass is 10.0. The van der Waals surface area contributed by atoms with Crippen molar-refractivity contribution in [3.05, 3.63) is 46.6 Å². The molecule has 0 bridgehead atoms. The second kappa shape index (κ2) is 4.49. The molecule has 84 valence electrons. The third-order valence-corrected chi connectivity index (χ3v) is 2.34. The van der Waals surface area contributed by atoms with Crippen LogP contribution in [0.1, 0.15) is 5.56 Å². The van der Waals surface area contributed by atoms with Gasteiger partial charge >= 0.3 is 0 Å². The van der Waals surface area contributed by atoms with Gasteiger partial charge in [0.05, 0.1) is 30.6 Å². The van der Waals surface area contributed by atoms with Crippen LogP contribution >= 0.6 is 0 Å². The van der Waals surface area contributed by atoms with E-state index >= 15 is 0 Å². The van der Waals surface area contributed by atoms with Crippen LogP contribution in [0.15, 0.2) is 35.5 Å². The van der Waals surface area contributed by atoms with Crippen molar-refractivity contribution in [3.8, 4) is 22.9 Å². The monoisotopic (exact) mass is 227 g/mol. The van der Waals surface area contributed by atoms with Crippen molar-refractivity contribution in [1.82, 2.24) is 9.97 Å². The molecule has 0 amide bonds. The number of nitriles is 1. The van der Waals surface area contributed by atoms with E-state index in [1.54, 1.807) is 18.2 Å². The first-order valence-corrected chi connectivity index (χ1v) is 4.87. The van der Waals surface area contributed by atoms with Gasteiger partial charge in [0, 0.05) is 11.8 Å². The van der Waals surface area contributed by atoms with Crippen molar-refractivity contribution in [2.24, 2.45) is 0 Å². The molecule has 0 unspecified atom stereocenters. The highest BCUT2D eigenvalue weighted by Crippen LogP contribution is 2.27. The maximum absolute atomic E-state index is 11.7. The maximum Gasteiger partial charge on any atom is 0.258 e. The SMILES string of the molecule is COc1ccc(C#N)cc1-c1cnc[nH]c1=O. The van der Waals surface area contributed by atoms with Gasteiger partial charge in [-0.2, -0.15) is 5.26 Å². The Morgan fingerprint density at radius 3 is 2.88 bits per heavy atom. The second-order valence-corrected chi connectivity index (χ2v) is 3.32. The molecule has 5 heteroatoms. The summed E-state index contributed by atoms with van der Waals surface area (Å²) >= 11 is 0. The molecule has 2 rings (SSSR count). The summed E-state index contributed by atoms with van der Waals surface area (Å²) in [4.78, 5) is 18.0. The zero-order valence-electron chi connectivity index (χ0n) is 9.10. The molecular formula is C12H9N3O2. The summed E-state index contributed by atoms with van der Waals surface area (Å²) in [5.41, 5.74) is 1.12. The molecule has 0 saturated heterocycles. The van der Waals surface area contributed by atoms with Crippen molar-refractivity contribution in [2.75, 3.05) is 7.11 Å². The minimum Gasteiger partial charge on any atom is -0.496 e. The lowest BCUT2D eigenvalue weighted by Crippen LogP contribution is -2.09. The number of H-pyrrole nitrogens is 1. The maximum atomic E-state index is 11.7. The van der Waals surface area contributed by atoms with Gasteiger partial charge in [-0.1, -0.05) is 0 Å². The van der Waals surface area contributed by atoms with Gasteiger partial charge in [0.25, 0.3) is 5.56 Å². The van der Waals surface area contributed by atoms with E-state index in [2.05, 4.69) is 9.97 Å². The second-order valence-electron chi connectivity index (χ2n) is 3.32. The number of aromatic nitrogens is 2. The van der Waals surface area contributed by atoms with E-state index in [1.807, 2.05) is 6.07 Å². The summed E-state index contributed by atoms with van der Waals surface area (Å²) in [6.45, 7) is 0. The Bertz CT molecular complexity index is 641. The Morgan fingerprint density at radius 2 is 2.24 bits per heavy atom. The third kappa shape index (κ3) is 2.01. The van der Waals surface area contributed by atoms with Crippen molar-refractivity contribution >= 4 is 0 Å². The molecule has 5 nitrogen and oxygen atoms in total. The lowest BCUT2D eigenvalue weighted by Gasteiger charge is -2.07. The predicted molar refractivity (Wildman–Crippen MR) is 61.6 cm³/mol. The van der Waals surface area contributed by atoms with Crippen molar-refractivity contribution < 1.29 is 4.74 Å². The predicted octanol–water partition coefficient (Wildman–Crippen LogP) is 1.32. The van der Waals surface area contributed by atoms with Gasteiger partial charge in [-0.3, -0.25) is 4.79 Å². The van der Waals surface area contributed by atoms with Crippen LogP contribution in [0.5, 0.6) is 5.75 Å². The first-order valence-electron chi connectivity index (χ1n) is 4.87. The molecule has 0 aliphatic carbocycles. The van der Waals surface area contributed by atoms with Crippen LogP contribution in [0, 0.1) is 11.3 Å². The number of nitrogens with one attached hydrogen (secondary N) is 1. The summed E-state index contributed by atoms with van der Waals surface area (Å²) in [5.74, 6) is 0.530. The van der Waals surface area contributed by atoms with Crippen LogP contribution in [0.3, 0.4) is 0 Å². The molecule has 0 atom stereocenters. The Kier molecular flexibility index (Phi) is 2.88. The van der Waals surface area contributed by atoms with Gasteiger partial charge < -0.3 is 9.72 Å². The molecule has 1 heterocycles. The highest BCUT2D eigenvalue weighted by molar-refractivity contribution is 5.70. The van der Waals surface area contributed by atoms with Crippen LogP contribution < -0.4 is 10.3 Å². The van der Waals surface area contributed by atoms with Crippen LogP contribution in [-0.4, -0.2) is 17.1 Å².